The fraction of sp³-hybridized carbons (Fsp3) is 0.600. The van der Waals surface area contributed by atoms with E-state index in [9.17, 15) is 0 Å². The van der Waals surface area contributed by atoms with Crippen molar-refractivity contribution in [1.29, 1.82) is 0 Å². The van der Waals surface area contributed by atoms with E-state index in [1.807, 2.05) is 0 Å². The summed E-state index contributed by atoms with van der Waals surface area (Å²) in [4.78, 5) is 2.48. The van der Waals surface area contributed by atoms with Crippen molar-refractivity contribution in [2.24, 2.45) is 0 Å². The summed E-state index contributed by atoms with van der Waals surface area (Å²) in [5.41, 5.74) is 2.65. The Morgan fingerprint density at radius 1 is 1.29 bits per heavy atom. The Bertz CT molecular complexity index is 364. The van der Waals surface area contributed by atoms with Crippen LogP contribution in [0.25, 0.3) is 0 Å². The Kier molecular flexibility index (Phi) is 4.33. The summed E-state index contributed by atoms with van der Waals surface area (Å²) >= 11 is 6.50. The molecule has 1 aromatic carbocycles. The lowest BCUT2D eigenvalue weighted by Gasteiger charge is -2.38. The Morgan fingerprint density at radius 2 is 2.06 bits per heavy atom. The van der Waals surface area contributed by atoms with Crippen molar-refractivity contribution in [3.63, 3.8) is 0 Å². The van der Waals surface area contributed by atoms with Gasteiger partial charge in [-0.2, -0.15) is 0 Å². The second kappa shape index (κ2) is 5.77. The van der Waals surface area contributed by atoms with Gasteiger partial charge in [-0.15, -0.1) is 11.6 Å². The molecule has 1 nitrogen and oxygen atoms in total. The molecule has 2 heteroatoms. The van der Waals surface area contributed by atoms with Gasteiger partial charge in [0.05, 0.1) is 5.38 Å². The zero-order chi connectivity index (χ0) is 12.3. The zero-order valence-electron chi connectivity index (χ0n) is 10.8. The van der Waals surface area contributed by atoms with Gasteiger partial charge in [-0.25, -0.2) is 0 Å². The van der Waals surface area contributed by atoms with Crippen molar-refractivity contribution in [1.82, 2.24) is 0 Å². The number of hydrogen-bond donors (Lipinski definition) is 0. The molecule has 1 saturated carbocycles. The molecule has 0 amide bonds. The summed E-state index contributed by atoms with van der Waals surface area (Å²) in [6.45, 7) is 5.41. The Hall–Kier alpha value is -0.690. The van der Waals surface area contributed by atoms with Gasteiger partial charge in [0.1, 0.15) is 0 Å². The average Bonchev–Trinajstić information content (AvgIpc) is 2.33. The van der Waals surface area contributed by atoms with E-state index in [-0.39, 0.29) is 0 Å². The first-order chi connectivity index (χ1) is 8.22. The molecule has 1 aliphatic carbocycles. The largest absolute Gasteiger partial charge is 0.367 e. The lowest BCUT2D eigenvalue weighted by Crippen LogP contribution is -2.43. The normalized spacial score (nSPS) is 24.6. The molecule has 1 fully saturated rings. The molecule has 0 heterocycles. The summed E-state index contributed by atoms with van der Waals surface area (Å²) < 4.78 is 0. The summed E-state index contributed by atoms with van der Waals surface area (Å²) in [5.74, 6) is 0. The quantitative estimate of drug-likeness (QED) is 0.721. The molecule has 0 bridgehead atoms. The molecule has 0 N–H and O–H groups in total. The molecular weight excluding hydrogens is 230 g/mol. The molecule has 2 atom stereocenters. The van der Waals surface area contributed by atoms with Crippen LogP contribution in [0.3, 0.4) is 0 Å². The minimum Gasteiger partial charge on any atom is -0.367 e. The monoisotopic (exact) mass is 251 g/mol. The molecule has 0 spiro atoms. The van der Waals surface area contributed by atoms with Gasteiger partial charge < -0.3 is 4.90 Å². The molecule has 17 heavy (non-hydrogen) atoms. The lowest BCUT2D eigenvalue weighted by molar-refractivity contribution is 0.424. The van der Waals surface area contributed by atoms with Crippen molar-refractivity contribution in [3.05, 3.63) is 29.8 Å². The van der Waals surface area contributed by atoms with Crippen LogP contribution >= 0.6 is 11.6 Å². The number of rotatable bonds is 3. The van der Waals surface area contributed by atoms with Gasteiger partial charge in [0.2, 0.25) is 0 Å². The minimum atomic E-state index is 0.309. The molecule has 94 valence electrons. The molecule has 0 aromatic heterocycles. The van der Waals surface area contributed by atoms with Gasteiger partial charge in [0, 0.05) is 18.3 Å². The highest BCUT2D eigenvalue weighted by atomic mass is 35.5. The van der Waals surface area contributed by atoms with Gasteiger partial charge in [-0.3, -0.25) is 0 Å². The van der Waals surface area contributed by atoms with Crippen LogP contribution in [0.2, 0.25) is 0 Å². The highest BCUT2D eigenvalue weighted by molar-refractivity contribution is 6.21. The van der Waals surface area contributed by atoms with Crippen LogP contribution < -0.4 is 4.90 Å². The van der Waals surface area contributed by atoms with Crippen LogP contribution in [-0.4, -0.2) is 18.0 Å². The van der Waals surface area contributed by atoms with E-state index in [1.165, 1.54) is 30.5 Å². The molecule has 1 aliphatic rings. The van der Waals surface area contributed by atoms with Crippen molar-refractivity contribution < 1.29 is 0 Å². The van der Waals surface area contributed by atoms with Crippen LogP contribution in [0.5, 0.6) is 0 Å². The third-order valence-corrected chi connectivity index (χ3v) is 4.23. The number of hydrogen-bond acceptors (Lipinski definition) is 1. The topological polar surface area (TPSA) is 3.24 Å². The summed E-state index contributed by atoms with van der Waals surface area (Å²) in [6, 6.07) is 9.27. The number of aryl methyl sites for hydroxylation is 1. The van der Waals surface area contributed by atoms with E-state index in [0.717, 1.165) is 13.0 Å². The predicted molar refractivity (Wildman–Crippen MR) is 76.1 cm³/mol. The molecule has 0 radical (unpaired) electrons. The SMILES string of the molecule is CCN(c1cccc(C)c1)[C@@H]1CCCC[C@H]1Cl. The lowest BCUT2D eigenvalue weighted by atomic mass is 9.93. The van der Waals surface area contributed by atoms with E-state index in [2.05, 4.69) is 43.0 Å². The maximum Gasteiger partial charge on any atom is 0.0539 e. The third kappa shape index (κ3) is 2.95. The van der Waals surface area contributed by atoms with Gasteiger partial charge in [0.15, 0.2) is 0 Å². The van der Waals surface area contributed by atoms with E-state index >= 15 is 0 Å². The number of alkyl halides is 1. The van der Waals surface area contributed by atoms with Crippen molar-refractivity contribution >= 4 is 17.3 Å². The second-order valence-electron chi connectivity index (χ2n) is 4.99. The maximum atomic E-state index is 6.50. The van der Waals surface area contributed by atoms with E-state index < -0.39 is 0 Å². The van der Waals surface area contributed by atoms with Crippen LogP contribution in [0.15, 0.2) is 24.3 Å². The van der Waals surface area contributed by atoms with Gasteiger partial charge in [-0.1, -0.05) is 25.0 Å². The molecule has 0 saturated heterocycles. The first-order valence-electron chi connectivity index (χ1n) is 6.69. The molecule has 0 aliphatic heterocycles. The molecule has 1 aromatic rings. The van der Waals surface area contributed by atoms with E-state index in [4.69, 9.17) is 11.6 Å². The maximum absolute atomic E-state index is 6.50. The van der Waals surface area contributed by atoms with Crippen molar-refractivity contribution in [2.75, 3.05) is 11.4 Å². The van der Waals surface area contributed by atoms with E-state index in [1.54, 1.807) is 0 Å². The van der Waals surface area contributed by atoms with Crippen LogP contribution in [0.4, 0.5) is 5.69 Å². The van der Waals surface area contributed by atoms with Crippen molar-refractivity contribution in [3.8, 4) is 0 Å². The molecule has 0 unspecified atom stereocenters. The van der Waals surface area contributed by atoms with Gasteiger partial charge in [0.25, 0.3) is 0 Å². The first-order valence-corrected chi connectivity index (χ1v) is 7.13. The fourth-order valence-electron chi connectivity index (χ4n) is 2.83. The van der Waals surface area contributed by atoms with Gasteiger partial charge >= 0.3 is 0 Å². The Morgan fingerprint density at radius 3 is 2.71 bits per heavy atom. The first kappa shape index (κ1) is 12.8. The fourth-order valence-corrected chi connectivity index (χ4v) is 3.25. The van der Waals surface area contributed by atoms with Crippen molar-refractivity contribution in [2.45, 2.75) is 50.9 Å². The second-order valence-corrected chi connectivity index (χ2v) is 5.55. The average molecular weight is 252 g/mol. The molecule has 2 rings (SSSR count). The number of anilines is 1. The molecular formula is C15H22ClN. The minimum absolute atomic E-state index is 0.309. The van der Waals surface area contributed by atoms with Crippen LogP contribution in [-0.2, 0) is 0 Å². The highest BCUT2D eigenvalue weighted by Crippen LogP contribution is 2.30. The number of benzene rings is 1. The summed E-state index contributed by atoms with van der Waals surface area (Å²) in [6.07, 6.45) is 5.00. The van der Waals surface area contributed by atoms with Crippen LogP contribution in [0, 0.1) is 6.92 Å². The van der Waals surface area contributed by atoms with E-state index in [0.29, 0.717) is 11.4 Å². The number of nitrogens with zero attached hydrogens (tertiary/aromatic N) is 1. The van der Waals surface area contributed by atoms with Crippen LogP contribution in [0.1, 0.15) is 38.2 Å². The standard InChI is InChI=1S/C15H22ClN/c1-3-17(13-8-6-7-12(2)11-13)15-10-5-4-9-14(15)16/h6-8,11,14-15H,3-5,9-10H2,1-2H3/t14-,15-/m1/s1. The predicted octanol–water partition coefficient (Wildman–Crippen LogP) is 4.37. The number of halogens is 1. The van der Waals surface area contributed by atoms with Gasteiger partial charge in [-0.05, 0) is 44.4 Å². The summed E-state index contributed by atoms with van der Waals surface area (Å²) in [7, 11) is 0. The Balaban J connectivity index is 2.20. The smallest absolute Gasteiger partial charge is 0.0539 e. The third-order valence-electron chi connectivity index (χ3n) is 3.72. The summed E-state index contributed by atoms with van der Waals surface area (Å²) in [5, 5.41) is 0.309. The Labute approximate surface area is 110 Å². The highest BCUT2D eigenvalue weighted by Gasteiger charge is 2.28. The zero-order valence-corrected chi connectivity index (χ0v) is 11.6.